The first-order valence-electron chi connectivity index (χ1n) is 6.28. The molecule has 4 nitrogen and oxygen atoms in total. The van der Waals surface area contributed by atoms with Crippen molar-refractivity contribution in [2.75, 3.05) is 0 Å². The lowest BCUT2D eigenvalue weighted by Crippen LogP contribution is -2.05. The van der Waals surface area contributed by atoms with E-state index in [2.05, 4.69) is 15.5 Å². The highest BCUT2D eigenvalue weighted by Crippen LogP contribution is 2.32. The number of rotatable bonds is 2. The molecule has 1 aromatic heterocycles. The lowest BCUT2D eigenvalue weighted by Gasteiger charge is -2.09. The Bertz CT molecular complexity index is 861. The molecule has 2 aromatic carbocycles. The average Bonchev–Trinajstić information content (AvgIpc) is 2.99. The number of aromatic nitrogens is 4. The van der Waals surface area contributed by atoms with Crippen molar-refractivity contribution in [1.82, 2.24) is 20.2 Å². The maximum atomic E-state index is 12.8. The summed E-state index contributed by atoms with van der Waals surface area (Å²) in [6.45, 7) is 0. The smallest absolute Gasteiger partial charge is 0.193 e. The zero-order valence-electron chi connectivity index (χ0n) is 11.2. The molecule has 0 spiro atoms. The van der Waals surface area contributed by atoms with E-state index in [0.717, 1.165) is 12.1 Å². The van der Waals surface area contributed by atoms with Gasteiger partial charge in [0.25, 0.3) is 0 Å². The Kier molecular flexibility index (Phi) is 3.99. The van der Waals surface area contributed by atoms with Crippen molar-refractivity contribution >= 4 is 23.2 Å². The molecule has 0 N–H and O–H groups in total. The third-order valence-electron chi connectivity index (χ3n) is 3.07. The number of tetrazole rings is 1. The zero-order chi connectivity index (χ0) is 16.6. The summed E-state index contributed by atoms with van der Waals surface area (Å²) in [4.78, 5) is 0. The zero-order valence-corrected chi connectivity index (χ0v) is 12.7. The molecule has 0 saturated carbocycles. The Hall–Kier alpha value is -2.12. The maximum Gasteiger partial charge on any atom is 0.416 e. The third kappa shape index (κ3) is 3.16. The standard InChI is InChI=1S/C14H7Cl2F3N4/c15-11-5-4-10(7-12(11)16)23-13(20-21-22-23)8-2-1-3-9(6-8)14(17,18)19/h1-7H. The molecule has 118 valence electrons. The Morgan fingerprint density at radius 1 is 0.957 bits per heavy atom. The summed E-state index contributed by atoms with van der Waals surface area (Å²) in [5.41, 5.74) is -0.0635. The van der Waals surface area contributed by atoms with Crippen molar-refractivity contribution in [2.24, 2.45) is 0 Å². The van der Waals surface area contributed by atoms with Gasteiger partial charge in [-0.2, -0.15) is 17.9 Å². The van der Waals surface area contributed by atoms with Gasteiger partial charge >= 0.3 is 6.18 Å². The molecule has 3 aromatic rings. The van der Waals surface area contributed by atoms with E-state index >= 15 is 0 Å². The van der Waals surface area contributed by atoms with Gasteiger partial charge in [-0.05, 0) is 40.8 Å². The average molecular weight is 359 g/mol. The van der Waals surface area contributed by atoms with Crippen molar-refractivity contribution in [3.05, 3.63) is 58.1 Å². The summed E-state index contributed by atoms with van der Waals surface area (Å²) >= 11 is 11.8. The predicted molar refractivity (Wildman–Crippen MR) is 79.6 cm³/mol. The van der Waals surface area contributed by atoms with Crippen LogP contribution in [0.3, 0.4) is 0 Å². The van der Waals surface area contributed by atoms with Crippen molar-refractivity contribution in [2.45, 2.75) is 6.18 Å². The molecule has 0 unspecified atom stereocenters. The summed E-state index contributed by atoms with van der Waals surface area (Å²) in [7, 11) is 0. The molecule has 0 fully saturated rings. The second-order valence-electron chi connectivity index (χ2n) is 4.59. The molecule has 0 atom stereocenters. The lowest BCUT2D eigenvalue weighted by molar-refractivity contribution is -0.137. The van der Waals surface area contributed by atoms with Gasteiger partial charge in [0, 0.05) is 5.56 Å². The van der Waals surface area contributed by atoms with E-state index in [1.807, 2.05) is 0 Å². The van der Waals surface area contributed by atoms with Gasteiger partial charge in [-0.15, -0.1) is 5.10 Å². The molecule has 0 amide bonds. The quantitative estimate of drug-likeness (QED) is 0.669. The first-order chi connectivity index (χ1) is 10.9. The van der Waals surface area contributed by atoms with Crippen LogP contribution < -0.4 is 0 Å². The van der Waals surface area contributed by atoms with Gasteiger partial charge in [0.05, 0.1) is 21.3 Å². The Morgan fingerprint density at radius 3 is 2.43 bits per heavy atom. The molecule has 1 heterocycles. The highest BCUT2D eigenvalue weighted by molar-refractivity contribution is 6.42. The molecule has 0 aliphatic heterocycles. The molecule has 0 saturated heterocycles. The van der Waals surface area contributed by atoms with E-state index in [1.54, 1.807) is 12.1 Å². The SMILES string of the molecule is FC(F)(F)c1cccc(-c2nnnn2-c2ccc(Cl)c(Cl)c2)c1. The van der Waals surface area contributed by atoms with Gasteiger partial charge in [0.15, 0.2) is 5.82 Å². The summed E-state index contributed by atoms with van der Waals surface area (Å²) in [5, 5.41) is 11.8. The Morgan fingerprint density at radius 2 is 1.74 bits per heavy atom. The second kappa shape index (κ2) is 5.82. The van der Waals surface area contributed by atoms with Crippen LogP contribution in [0, 0.1) is 0 Å². The van der Waals surface area contributed by atoms with Gasteiger partial charge in [0.1, 0.15) is 0 Å². The molecule has 0 aliphatic carbocycles. The highest BCUT2D eigenvalue weighted by atomic mass is 35.5. The fourth-order valence-corrected chi connectivity index (χ4v) is 2.28. The fourth-order valence-electron chi connectivity index (χ4n) is 1.99. The van der Waals surface area contributed by atoms with Crippen LogP contribution in [0.2, 0.25) is 10.0 Å². The van der Waals surface area contributed by atoms with Crippen molar-refractivity contribution < 1.29 is 13.2 Å². The Labute approximate surface area is 138 Å². The van der Waals surface area contributed by atoms with Gasteiger partial charge < -0.3 is 0 Å². The molecule has 0 radical (unpaired) electrons. The molecule has 9 heteroatoms. The third-order valence-corrected chi connectivity index (χ3v) is 3.80. The number of nitrogens with zero attached hydrogens (tertiary/aromatic N) is 4. The predicted octanol–water partition coefficient (Wildman–Crippen LogP) is 4.65. The van der Waals surface area contributed by atoms with E-state index < -0.39 is 11.7 Å². The van der Waals surface area contributed by atoms with Crippen LogP contribution in [0.25, 0.3) is 17.1 Å². The topological polar surface area (TPSA) is 43.6 Å². The summed E-state index contributed by atoms with van der Waals surface area (Å²) in [6.07, 6.45) is -4.45. The van der Waals surface area contributed by atoms with E-state index in [-0.39, 0.29) is 16.4 Å². The largest absolute Gasteiger partial charge is 0.416 e. The number of hydrogen-bond acceptors (Lipinski definition) is 3. The minimum atomic E-state index is -4.45. The van der Waals surface area contributed by atoms with Crippen molar-refractivity contribution in [1.29, 1.82) is 0 Å². The van der Waals surface area contributed by atoms with Crippen molar-refractivity contribution in [3.8, 4) is 17.1 Å². The van der Waals surface area contributed by atoms with E-state index in [1.165, 1.54) is 22.9 Å². The van der Waals surface area contributed by atoms with E-state index in [9.17, 15) is 13.2 Å². The van der Waals surface area contributed by atoms with Gasteiger partial charge in [-0.1, -0.05) is 35.3 Å². The van der Waals surface area contributed by atoms with Crippen LogP contribution in [0.15, 0.2) is 42.5 Å². The normalized spacial score (nSPS) is 11.7. The molecular weight excluding hydrogens is 352 g/mol. The number of halogens is 5. The van der Waals surface area contributed by atoms with Crippen LogP contribution in [0.5, 0.6) is 0 Å². The number of alkyl halides is 3. The van der Waals surface area contributed by atoms with Crippen LogP contribution in [0.4, 0.5) is 13.2 Å². The molecule has 0 aliphatic rings. The number of benzene rings is 2. The molecular formula is C14H7Cl2F3N4. The van der Waals surface area contributed by atoms with Gasteiger partial charge in [0.2, 0.25) is 0 Å². The summed E-state index contributed by atoms with van der Waals surface area (Å²) in [5.74, 6) is 0.162. The molecule has 23 heavy (non-hydrogen) atoms. The Balaban J connectivity index is 2.09. The van der Waals surface area contributed by atoms with E-state index in [0.29, 0.717) is 10.7 Å². The first kappa shape index (κ1) is 15.8. The van der Waals surface area contributed by atoms with Crippen LogP contribution >= 0.6 is 23.2 Å². The van der Waals surface area contributed by atoms with Crippen LogP contribution in [-0.4, -0.2) is 20.2 Å². The number of hydrogen-bond donors (Lipinski definition) is 0. The van der Waals surface area contributed by atoms with Crippen LogP contribution in [0.1, 0.15) is 5.56 Å². The minimum absolute atomic E-state index is 0.162. The molecule has 3 rings (SSSR count). The maximum absolute atomic E-state index is 12.8. The lowest BCUT2D eigenvalue weighted by atomic mass is 10.1. The monoisotopic (exact) mass is 358 g/mol. The van der Waals surface area contributed by atoms with Gasteiger partial charge in [-0.25, -0.2) is 0 Å². The summed E-state index contributed by atoms with van der Waals surface area (Å²) < 4.78 is 39.8. The van der Waals surface area contributed by atoms with Gasteiger partial charge in [-0.3, -0.25) is 0 Å². The van der Waals surface area contributed by atoms with E-state index in [4.69, 9.17) is 23.2 Å². The first-order valence-corrected chi connectivity index (χ1v) is 7.03. The minimum Gasteiger partial charge on any atom is -0.193 e. The second-order valence-corrected chi connectivity index (χ2v) is 5.41. The summed E-state index contributed by atoms with van der Waals surface area (Å²) in [6, 6.07) is 9.45. The van der Waals surface area contributed by atoms with Crippen molar-refractivity contribution in [3.63, 3.8) is 0 Å². The fraction of sp³-hybridized carbons (Fsp3) is 0.0714. The van der Waals surface area contributed by atoms with Crippen LogP contribution in [-0.2, 0) is 6.18 Å². The highest BCUT2D eigenvalue weighted by Gasteiger charge is 2.30. The molecule has 0 bridgehead atoms.